The van der Waals surface area contributed by atoms with Crippen LogP contribution in [0.3, 0.4) is 0 Å². The number of thioether (sulfide) groups is 1. The molecule has 2 aromatic rings. The molecule has 2 amide bonds. The molecule has 2 aromatic carbocycles. The fraction of sp³-hybridized carbons (Fsp3) is 0.150. The van der Waals surface area contributed by atoms with Gasteiger partial charge in [-0.15, -0.1) is 0 Å². The number of rotatable bonds is 5. The number of hydrogen-bond donors (Lipinski definition) is 0. The fourth-order valence-electron chi connectivity index (χ4n) is 3.37. The molecule has 0 spiro atoms. The highest BCUT2D eigenvalue weighted by Gasteiger charge is 2.41. The first-order valence-corrected chi connectivity index (χ1v) is 11.8. The van der Waals surface area contributed by atoms with E-state index in [4.69, 9.17) is 12.2 Å². The van der Waals surface area contributed by atoms with E-state index in [0.717, 1.165) is 16.7 Å². The third-order valence-corrected chi connectivity index (χ3v) is 6.95. The molecule has 0 bridgehead atoms. The first kappa shape index (κ1) is 21.6. The zero-order valence-electron chi connectivity index (χ0n) is 15.8. The minimum absolute atomic E-state index is 0.0819. The molecule has 0 radical (unpaired) electrons. The Morgan fingerprint density at radius 3 is 2.35 bits per heavy atom. The topological polar surface area (TPSA) is 97.8 Å². The van der Waals surface area contributed by atoms with Crippen molar-refractivity contribution in [1.82, 2.24) is 4.90 Å². The Labute approximate surface area is 187 Å². The summed E-state index contributed by atoms with van der Waals surface area (Å²) in [5.41, 5.74) is 2.02. The maximum absolute atomic E-state index is 13.3. The molecule has 7 nitrogen and oxygen atoms in total. The van der Waals surface area contributed by atoms with Crippen molar-refractivity contribution in [3.8, 4) is 0 Å². The molecule has 2 heterocycles. The predicted molar refractivity (Wildman–Crippen MR) is 117 cm³/mol. The number of thiocarbonyl (C=S) groups is 1. The quantitative estimate of drug-likeness (QED) is 0.371. The highest BCUT2D eigenvalue weighted by atomic mass is 32.2. The van der Waals surface area contributed by atoms with Crippen LogP contribution in [0.5, 0.6) is 0 Å². The third kappa shape index (κ3) is 4.26. The van der Waals surface area contributed by atoms with Crippen LogP contribution in [-0.4, -0.2) is 46.3 Å². The molecule has 1 fully saturated rings. The van der Waals surface area contributed by atoms with Gasteiger partial charge >= 0.3 is 0 Å². The molecule has 31 heavy (non-hydrogen) atoms. The second-order valence-corrected chi connectivity index (χ2v) is 9.99. The Morgan fingerprint density at radius 1 is 1.00 bits per heavy atom. The molecule has 2 aliphatic heterocycles. The molecular weight excluding hydrogens is 463 g/mol. The van der Waals surface area contributed by atoms with Crippen molar-refractivity contribution >= 4 is 61.5 Å². The van der Waals surface area contributed by atoms with E-state index in [1.807, 2.05) is 0 Å². The fourth-order valence-corrected chi connectivity index (χ4v) is 5.16. The Morgan fingerprint density at radius 2 is 1.68 bits per heavy atom. The number of halogens is 1. The van der Waals surface area contributed by atoms with Crippen molar-refractivity contribution in [3.63, 3.8) is 0 Å². The van der Waals surface area contributed by atoms with E-state index in [1.165, 1.54) is 17.0 Å². The summed E-state index contributed by atoms with van der Waals surface area (Å²) >= 11 is 6.08. The van der Waals surface area contributed by atoms with Gasteiger partial charge in [0.15, 0.2) is 0 Å². The summed E-state index contributed by atoms with van der Waals surface area (Å²) in [5, 5.41) is 0. The van der Waals surface area contributed by atoms with Gasteiger partial charge in [0, 0.05) is 12.1 Å². The standard InChI is InChI=1S/C20H15FN2O5S3/c21-13-7-5-12(6-8-13)11-23-15-4-2-1-3-14(15)16(18(23)24)17-19(25)22(20(29)30-17)9-10-31(26,27)28/h1-8H,9-11H2,(H,26,27,28)/p-1/b17-16-. The van der Waals surface area contributed by atoms with Crippen LogP contribution in [0.15, 0.2) is 53.4 Å². The minimum atomic E-state index is -4.53. The summed E-state index contributed by atoms with van der Waals surface area (Å²) in [6.07, 6.45) is 0. The van der Waals surface area contributed by atoms with E-state index in [1.54, 1.807) is 36.4 Å². The molecular formula is C20H14FN2O5S3-. The van der Waals surface area contributed by atoms with Crippen molar-refractivity contribution in [2.45, 2.75) is 6.54 Å². The lowest BCUT2D eigenvalue weighted by Gasteiger charge is -2.17. The summed E-state index contributed by atoms with van der Waals surface area (Å²) < 4.78 is 46.2. The van der Waals surface area contributed by atoms with Crippen LogP contribution in [-0.2, 0) is 26.3 Å². The van der Waals surface area contributed by atoms with Crippen molar-refractivity contribution in [2.24, 2.45) is 0 Å². The summed E-state index contributed by atoms with van der Waals surface area (Å²) in [4.78, 5) is 28.9. The van der Waals surface area contributed by atoms with Gasteiger partial charge in [-0.2, -0.15) is 0 Å². The number of fused-ring (bicyclic) bond motifs is 1. The minimum Gasteiger partial charge on any atom is -0.748 e. The number of carbonyl (C=O) groups is 2. The second kappa shape index (κ2) is 8.15. The molecule has 0 N–H and O–H groups in total. The number of nitrogens with zero attached hydrogens (tertiary/aromatic N) is 2. The van der Waals surface area contributed by atoms with E-state index in [0.29, 0.717) is 16.8 Å². The Kier molecular flexibility index (Phi) is 5.69. The first-order chi connectivity index (χ1) is 14.7. The van der Waals surface area contributed by atoms with Gasteiger partial charge in [-0.3, -0.25) is 14.5 Å². The van der Waals surface area contributed by atoms with E-state index < -0.39 is 27.7 Å². The van der Waals surface area contributed by atoms with E-state index in [-0.39, 0.29) is 33.7 Å². The van der Waals surface area contributed by atoms with Gasteiger partial charge in [0.25, 0.3) is 11.8 Å². The Balaban J connectivity index is 1.71. The molecule has 0 unspecified atom stereocenters. The van der Waals surface area contributed by atoms with E-state index in [2.05, 4.69) is 0 Å². The average molecular weight is 478 g/mol. The van der Waals surface area contributed by atoms with Crippen molar-refractivity contribution < 1.29 is 27.0 Å². The third-order valence-electron chi connectivity index (χ3n) is 4.82. The monoisotopic (exact) mass is 477 g/mol. The molecule has 0 saturated carbocycles. The lowest BCUT2D eigenvalue weighted by atomic mass is 10.1. The number of amides is 2. The smallest absolute Gasteiger partial charge is 0.267 e. The summed E-state index contributed by atoms with van der Waals surface area (Å²) in [5.74, 6) is -2.19. The highest BCUT2D eigenvalue weighted by Crippen LogP contribution is 2.44. The first-order valence-electron chi connectivity index (χ1n) is 9.03. The predicted octanol–water partition coefficient (Wildman–Crippen LogP) is 2.49. The van der Waals surface area contributed by atoms with Crippen LogP contribution < -0.4 is 4.90 Å². The van der Waals surface area contributed by atoms with Crippen LogP contribution in [0.4, 0.5) is 10.1 Å². The molecule has 160 valence electrons. The lowest BCUT2D eigenvalue weighted by molar-refractivity contribution is -0.122. The summed E-state index contributed by atoms with van der Waals surface area (Å²) in [6.45, 7) is -0.198. The highest BCUT2D eigenvalue weighted by molar-refractivity contribution is 8.26. The van der Waals surface area contributed by atoms with Crippen LogP contribution in [0.25, 0.3) is 5.57 Å². The van der Waals surface area contributed by atoms with Gasteiger partial charge in [-0.05, 0) is 23.8 Å². The summed E-state index contributed by atoms with van der Waals surface area (Å²) in [6, 6.07) is 12.7. The van der Waals surface area contributed by atoms with Crippen LogP contribution >= 0.6 is 24.0 Å². The maximum Gasteiger partial charge on any atom is 0.267 e. The molecule has 0 atom stereocenters. The molecule has 4 rings (SSSR count). The molecule has 2 aliphatic rings. The maximum atomic E-state index is 13.3. The van der Waals surface area contributed by atoms with E-state index >= 15 is 0 Å². The second-order valence-electron chi connectivity index (χ2n) is 6.83. The number of benzene rings is 2. The number of hydrogen-bond acceptors (Lipinski definition) is 7. The largest absolute Gasteiger partial charge is 0.748 e. The zero-order valence-corrected chi connectivity index (χ0v) is 18.2. The van der Waals surface area contributed by atoms with Crippen LogP contribution in [0, 0.1) is 5.82 Å². The Hall–Kier alpha value is -2.60. The van der Waals surface area contributed by atoms with Gasteiger partial charge in [-0.1, -0.05) is 54.3 Å². The zero-order chi connectivity index (χ0) is 22.3. The van der Waals surface area contributed by atoms with E-state index in [9.17, 15) is 27.0 Å². The molecule has 11 heteroatoms. The van der Waals surface area contributed by atoms with Gasteiger partial charge in [0.1, 0.15) is 10.1 Å². The van der Waals surface area contributed by atoms with Gasteiger partial charge in [0.05, 0.1) is 38.6 Å². The number of carbonyl (C=O) groups excluding carboxylic acids is 2. The lowest BCUT2D eigenvalue weighted by Crippen LogP contribution is -2.33. The number of para-hydroxylation sites is 1. The SMILES string of the molecule is O=C1/C(=C2/C(=O)N(Cc3ccc(F)cc3)c3ccccc32)SC(=S)N1CCS(=O)(=O)[O-]. The van der Waals surface area contributed by atoms with Gasteiger partial charge in [-0.25, -0.2) is 12.8 Å². The van der Waals surface area contributed by atoms with Crippen LogP contribution in [0.2, 0.25) is 0 Å². The van der Waals surface area contributed by atoms with Crippen molar-refractivity contribution in [3.05, 3.63) is 70.4 Å². The van der Waals surface area contributed by atoms with Crippen LogP contribution in [0.1, 0.15) is 11.1 Å². The molecule has 0 aromatic heterocycles. The Bertz CT molecular complexity index is 1240. The van der Waals surface area contributed by atoms with Crippen molar-refractivity contribution in [2.75, 3.05) is 17.2 Å². The van der Waals surface area contributed by atoms with Crippen molar-refractivity contribution in [1.29, 1.82) is 0 Å². The molecule has 1 saturated heterocycles. The molecule has 0 aliphatic carbocycles. The van der Waals surface area contributed by atoms with Gasteiger partial charge < -0.3 is 9.45 Å². The normalized spacial score (nSPS) is 18.8. The number of anilines is 1. The average Bonchev–Trinajstić information content (AvgIpc) is 3.14. The van der Waals surface area contributed by atoms with Gasteiger partial charge in [0.2, 0.25) is 0 Å². The summed E-state index contributed by atoms with van der Waals surface area (Å²) in [7, 11) is -4.53.